The summed E-state index contributed by atoms with van der Waals surface area (Å²) in [6, 6.07) is 7.67. The summed E-state index contributed by atoms with van der Waals surface area (Å²) in [7, 11) is 0. The zero-order chi connectivity index (χ0) is 19.5. The molecule has 0 spiro atoms. The van der Waals surface area contributed by atoms with Crippen molar-refractivity contribution >= 4 is 33.4 Å². The quantitative estimate of drug-likeness (QED) is 0.704. The van der Waals surface area contributed by atoms with Gasteiger partial charge in [0.2, 0.25) is 11.8 Å². The summed E-state index contributed by atoms with van der Waals surface area (Å²) in [5, 5.41) is 0. The fraction of sp³-hybridized carbons (Fsp3) is 0.450. The van der Waals surface area contributed by atoms with Gasteiger partial charge in [0.25, 0.3) is 0 Å². The SMILES string of the molecule is O=C([C@@H]1CC(=O)N(c2cccc(Br)c2)C1)N1CCN(CCn2ccnc2)CC1. The molecule has 2 saturated heterocycles. The topological polar surface area (TPSA) is 61.7 Å². The number of imidazole rings is 1. The smallest absolute Gasteiger partial charge is 0.228 e. The van der Waals surface area contributed by atoms with Crippen molar-refractivity contribution in [2.24, 2.45) is 5.92 Å². The highest BCUT2D eigenvalue weighted by Gasteiger charge is 2.37. The second-order valence-electron chi connectivity index (χ2n) is 7.35. The van der Waals surface area contributed by atoms with Crippen molar-refractivity contribution in [2.75, 3.05) is 44.2 Å². The first kappa shape index (κ1) is 19.1. The fourth-order valence-electron chi connectivity index (χ4n) is 3.89. The first-order valence-corrected chi connectivity index (χ1v) is 10.4. The largest absolute Gasteiger partial charge is 0.340 e. The van der Waals surface area contributed by atoms with E-state index >= 15 is 0 Å². The summed E-state index contributed by atoms with van der Waals surface area (Å²) < 4.78 is 3.00. The maximum Gasteiger partial charge on any atom is 0.228 e. The maximum atomic E-state index is 12.9. The average Bonchev–Trinajstić information content (AvgIpc) is 3.36. The van der Waals surface area contributed by atoms with Crippen molar-refractivity contribution in [3.8, 4) is 0 Å². The Labute approximate surface area is 173 Å². The van der Waals surface area contributed by atoms with Crippen LogP contribution in [-0.4, -0.2) is 70.4 Å². The van der Waals surface area contributed by atoms with E-state index in [0.717, 1.165) is 49.4 Å². The minimum absolute atomic E-state index is 0.0235. The van der Waals surface area contributed by atoms with Gasteiger partial charge in [-0.3, -0.25) is 14.5 Å². The average molecular weight is 446 g/mol. The van der Waals surface area contributed by atoms with Crippen LogP contribution in [0.3, 0.4) is 0 Å². The standard InChI is InChI=1S/C20H24BrN5O2/c21-17-2-1-3-18(13-17)26-14-16(12-19(26)27)20(28)25-10-8-23(9-11-25)6-7-24-5-4-22-15-24/h1-5,13,15-16H,6-12,14H2/t16-/m1/s1. The number of anilines is 1. The molecule has 0 aliphatic carbocycles. The number of benzene rings is 1. The van der Waals surface area contributed by atoms with Crippen molar-refractivity contribution < 1.29 is 9.59 Å². The zero-order valence-electron chi connectivity index (χ0n) is 15.7. The molecule has 2 fully saturated rings. The summed E-state index contributed by atoms with van der Waals surface area (Å²) >= 11 is 3.44. The molecule has 0 radical (unpaired) electrons. The number of halogens is 1. The summed E-state index contributed by atoms with van der Waals surface area (Å²) in [5.74, 6) is -0.112. The normalized spacial score (nSPS) is 20.8. The summed E-state index contributed by atoms with van der Waals surface area (Å²) in [4.78, 5) is 35.5. The van der Waals surface area contributed by atoms with Crippen LogP contribution in [-0.2, 0) is 16.1 Å². The van der Waals surface area contributed by atoms with Gasteiger partial charge in [-0.15, -0.1) is 0 Å². The highest BCUT2D eigenvalue weighted by molar-refractivity contribution is 9.10. The number of rotatable bonds is 5. The number of hydrogen-bond donors (Lipinski definition) is 0. The molecular weight excluding hydrogens is 422 g/mol. The predicted molar refractivity (Wildman–Crippen MR) is 110 cm³/mol. The number of nitrogens with zero attached hydrogens (tertiary/aromatic N) is 5. The molecule has 2 amide bonds. The Hall–Kier alpha value is -2.19. The van der Waals surface area contributed by atoms with Gasteiger partial charge < -0.3 is 14.4 Å². The Morgan fingerprint density at radius 1 is 1.18 bits per heavy atom. The van der Waals surface area contributed by atoms with E-state index in [1.807, 2.05) is 41.7 Å². The molecule has 2 aliphatic heterocycles. The first-order chi connectivity index (χ1) is 13.6. The van der Waals surface area contributed by atoms with Gasteiger partial charge in [-0.05, 0) is 18.2 Å². The van der Waals surface area contributed by atoms with Crippen molar-refractivity contribution in [1.29, 1.82) is 0 Å². The lowest BCUT2D eigenvalue weighted by atomic mass is 10.1. The molecule has 1 aromatic carbocycles. The molecule has 2 aliphatic rings. The molecule has 28 heavy (non-hydrogen) atoms. The van der Waals surface area contributed by atoms with Gasteiger partial charge in [-0.25, -0.2) is 4.98 Å². The fourth-order valence-corrected chi connectivity index (χ4v) is 4.28. The Bertz CT molecular complexity index is 833. The highest BCUT2D eigenvalue weighted by Crippen LogP contribution is 2.28. The van der Waals surface area contributed by atoms with E-state index in [0.29, 0.717) is 13.0 Å². The van der Waals surface area contributed by atoms with Gasteiger partial charge in [-0.1, -0.05) is 22.0 Å². The molecule has 2 aromatic rings. The van der Waals surface area contributed by atoms with E-state index < -0.39 is 0 Å². The second kappa shape index (κ2) is 8.45. The zero-order valence-corrected chi connectivity index (χ0v) is 17.3. The number of piperazine rings is 1. The Balaban J connectivity index is 1.29. The van der Waals surface area contributed by atoms with Crippen molar-refractivity contribution in [3.63, 3.8) is 0 Å². The van der Waals surface area contributed by atoms with E-state index in [2.05, 4.69) is 30.4 Å². The number of hydrogen-bond acceptors (Lipinski definition) is 4. The van der Waals surface area contributed by atoms with Crippen LogP contribution >= 0.6 is 15.9 Å². The molecule has 7 nitrogen and oxygen atoms in total. The minimum atomic E-state index is -0.246. The molecule has 0 saturated carbocycles. The third-order valence-electron chi connectivity index (χ3n) is 5.51. The summed E-state index contributed by atoms with van der Waals surface area (Å²) in [6.07, 6.45) is 5.88. The predicted octanol–water partition coefficient (Wildman–Crippen LogP) is 1.84. The van der Waals surface area contributed by atoms with Crippen LogP contribution in [0.5, 0.6) is 0 Å². The van der Waals surface area contributed by atoms with Gasteiger partial charge >= 0.3 is 0 Å². The first-order valence-electron chi connectivity index (χ1n) is 9.63. The molecule has 0 bridgehead atoms. The highest BCUT2D eigenvalue weighted by atomic mass is 79.9. The second-order valence-corrected chi connectivity index (χ2v) is 8.27. The Kier molecular flexibility index (Phi) is 5.77. The van der Waals surface area contributed by atoms with Crippen LogP contribution in [0, 0.1) is 5.92 Å². The molecule has 3 heterocycles. The number of carbonyl (C=O) groups is 2. The number of aromatic nitrogens is 2. The molecule has 0 N–H and O–H groups in total. The van der Waals surface area contributed by atoms with Crippen molar-refractivity contribution in [3.05, 3.63) is 47.5 Å². The Morgan fingerprint density at radius 3 is 2.71 bits per heavy atom. The van der Waals surface area contributed by atoms with E-state index in [4.69, 9.17) is 0 Å². The van der Waals surface area contributed by atoms with Crippen LogP contribution in [0.2, 0.25) is 0 Å². The summed E-state index contributed by atoms with van der Waals surface area (Å²) in [5.41, 5.74) is 0.846. The molecule has 1 aromatic heterocycles. The van der Waals surface area contributed by atoms with Crippen LogP contribution in [0.4, 0.5) is 5.69 Å². The van der Waals surface area contributed by atoms with Crippen LogP contribution in [0.1, 0.15) is 6.42 Å². The third kappa shape index (κ3) is 4.28. The molecule has 0 unspecified atom stereocenters. The van der Waals surface area contributed by atoms with Crippen LogP contribution in [0.25, 0.3) is 0 Å². The Morgan fingerprint density at radius 2 is 2.00 bits per heavy atom. The van der Waals surface area contributed by atoms with E-state index in [9.17, 15) is 9.59 Å². The molecular formula is C20H24BrN5O2. The van der Waals surface area contributed by atoms with Crippen LogP contribution < -0.4 is 4.90 Å². The minimum Gasteiger partial charge on any atom is -0.340 e. The van der Waals surface area contributed by atoms with Crippen molar-refractivity contribution in [1.82, 2.24) is 19.4 Å². The van der Waals surface area contributed by atoms with E-state index in [1.54, 1.807) is 11.1 Å². The molecule has 148 valence electrons. The number of carbonyl (C=O) groups excluding carboxylic acids is 2. The van der Waals surface area contributed by atoms with Gasteiger partial charge in [0.05, 0.1) is 12.2 Å². The lowest BCUT2D eigenvalue weighted by Gasteiger charge is -2.35. The lowest BCUT2D eigenvalue weighted by Crippen LogP contribution is -2.51. The van der Waals surface area contributed by atoms with Gasteiger partial charge in [0.15, 0.2) is 0 Å². The van der Waals surface area contributed by atoms with Gasteiger partial charge in [0.1, 0.15) is 0 Å². The van der Waals surface area contributed by atoms with Gasteiger partial charge in [0, 0.05) is 74.8 Å². The monoisotopic (exact) mass is 445 g/mol. The van der Waals surface area contributed by atoms with E-state index in [1.165, 1.54) is 0 Å². The summed E-state index contributed by atoms with van der Waals surface area (Å²) in [6.45, 7) is 5.53. The lowest BCUT2D eigenvalue weighted by molar-refractivity contribution is -0.137. The molecule has 1 atom stereocenters. The van der Waals surface area contributed by atoms with Gasteiger partial charge in [-0.2, -0.15) is 0 Å². The molecule has 8 heteroatoms. The van der Waals surface area contributed by atoms with E-state index in [-0.39, 0.29) is 17.7 Å². The molecule has 4 rings (SSSR count). The third-order valence-corrected chi connectivity index (χ3v) is 6.00. The number of amides is 2. The maximum absolute atomic E-state index is 12.9. The van der Waals surface area contributed by atoms with Crippen LogP contribution in [0.15, 0.2) is 47.5 Å². The van der Waals surface area contributed by atoms with Crippen molar-refractivity contribution in [2.45, 2.75) is 13.0 Å².